The number of hydrogen-bond acceptors (Lipinski definition) is 4. The van der Waals surface area contributed by atoms with E-state index in [1.807, 2.05) is 30.3 Å². The number of Topliss-reactive ketones (excluding diaryl/α,β-unsaturated/α-hetero) is 1. The lowest BCUT2D eigenvalue weighted by atomic mass is 9.87. The zero-order valence-corrected chi connectivity index (χ0v) is 17.4. The standard InChI is InChI=1S/C24H19ClN2OS/c25-18-12-10-16(11-13-18)22(28)15-29-24-20(14-26)23(17-6-2-1-3-7-17)19-8-4-5-9-21(19)27-24/h1-3,6-7,10-13H,4-5,8-9,15H2. The molecule has 0 amide bonds. The normalized spacial score (nSPS) is 12.8. The molecule has 0 unspecified atom stereocenters. The van der Waals surface area contributed by atoms with E-state index in [9.17, 15) is 10.1 Å². The maximum Gasteiger partial charge on any atom is 0.173 e. The molecule has 3 aromatic rings. The van der Waals surface area contributed by atoms with Crippen LogP contribution in [0, 0.1) is 11.3 Å². The van der Waals surface area contributed by atoms with Crippen LogP contribution in [-0.4, -0.2) is 16.5 Å². The fourth-order valence-corrected chi connectivity index (χ4v) is 4.73. The minimum absolute atomic E-state index is 0.00339. The topological polar surface area (TPSA) is 53.8 Å². The van der Waals surface area contributed by atoms with Gasteiger partial charge in [0.05, 0.1) is 11.3 Å². The lowest BCUT2D eigenvalue weighted by Gasteiger charge is -2.22. The monoisotopic (exact) mass is 418 g/mol. The third-order valence-electron chi connectivity index (χ3n) is 5.12. The molecule has 29 heavy (non-hydrogen) atoms. The Bertz CT molecular complexity index is 1090. The van der Waals surface area contributed by atoms with Gasteiger partial charge < -0.3 is 0 Å². The van der Waals surface area contributed by atoms with E-state index in [1.165, 1.54) is 17.3 Å². The summed E-state index contributed by atoms with van der Waals surface area (Å²) in [6, 6.07) is 19.3. The van der Waals surface area contributed by atoms with Crippen molar-refractivity contribution >= 4 is 29.1 Å². The van der Waals surface area contributed by atoms with Crippen LogP contribution in [0.4, 0.5) is 0 Å². The van der Waals surface area contributed by atoms with Crippen LogP contribution in [0.5, 0.6) is 0 Å². The van der Waals surface area contributed by atoms with Crippen LogP contribution in [0.1, 0.15) is 40.0 Å². The molecule has 0 atom stereocenters. The number of aryl methyl sites for hydroxylation is 1. The second kappa shape index (κ2) is 8.82. The predicted molar refractivity (Wildman–Crippen MR) is 118 cm³/mol. The van der Waals surface area contributed by atoms with Crippen LogP contribution in [0.3, 0.4) is 0 Å². The summed E-state index contributed by atoms with van der Waals surface area (Å²) in [4.78, 5) is 17.4. The van der Waals surface area contributed by atoms with E-state index >= 15 is 0 Å². The molecule has 1 aliphatic carbocycles. The van der Waals surface area contributed by atoms with Gasteiger partial charge in [-0.2, -0.15) is 5.26 Å². The molecule has 0 N–H and O–H groups in total. The number of nitrogens with zero attached hydrogens (tertiary/aromatic N) is 2. The summed E-state index contributed by atoms with van der Waals surface area (Å²) >= 11 is 7.25. The first-order valence-corrected chi connectivity index (χ1v) is 11.0. The number of rotatable bonds is 5. The number of aromatic nitrogens is 1. The van der Waals surface area contributed by atoms with E-state index in [1.54, 1.807) is 24.3 Å². The number of hydrogen-bond donors (Lipinski definition) is 0. The predicted octanol–water partition coefficient (Wildman–Crippen LogP) is 6.13. The first-order chi connectivity index (χ1) is 14.2. The Morgan fingerprint density at radius 1 is 1.07 bits per heavy atom. The highest BCUT2D eigenvalue weighted by Gasteiger charge is 2.23. The van der Waals surface area contributed by atoms with Gasteiger partial charge in [0, 0.05) is 21.8 Å². The number of carbonyl (C=O) groups is 1. The Hall–Kier alpha value is -2.61. The number of halogens is 1. The molecule has 0 saturated carbocycles. The molecule has 0 saturated heterocycles. The Balaban J connectivity index is 1.71. The van der Waals surface area contributed by atoms with Crippen molar-refractivity contribution in [1.82, 2.24) is 4.98 Å². The molecule has 1 aromatic heterocycles. The van der Waals surface area contributed by atoms with Gasteiger partial charge in [0.1, 0.15) is 11.1 Å². The van der Waals surface area contributed by atoms with E-state index in [2.05, 4.69) is 6.07 Å². The lowest BCUT2D eigenvalue weighted by Crippen LogP contribution is -2.11. The van der Waals surface area contributed by atoms with Gasteiger partial charge in [-0.15, -0.1) is 0 Å². The van der Waals surface area contributed by atoms with Crippen LogP contribution in [-0.2, 0) is 12.8 Å². The Labute approximate surface area is 179 Å². The summed E-state index contributed by atoms with van der Waals surface area (Å²) in [6.45, 7) is 0. The van der Waals surface area contributed by atoms with Crippen molar-refractivity contribution in [2.24, 2.45) is 0 Å². The smallest absolute Gasteiger partial charge is 0.173 e. The van der Waals surface area contributed by atoms with Gasteiger partial charge in [-0.1, -0.05) is 53.7 Å². The molecule has 1 heterocycles. The van der Waals surface area contributed by atoms with Gasteiger partial charge in [-0.05, 0) is 61.1 Å². The third-order valence-corrected chi connectivity index (χ3v) is 6.35. The molecular weight excluding hydrogens is 400 g/mol. The third kappa shape index (κ3) is 4.22. The largest absolute Gasteiger partial charge is 0.293 e. The molecule has 5 heteroatoms. The van der Waals surface area contributed by atoms with Crippen molar-refractivity contribution in [3.8, 4) is 17.2 Å². The molecule has 144 valence electrons. The van der Waals surface area contributed by atoms with Crippen molar-refractivity contribution in [2.75, 3.05) is 5.75 Å². The Morgan fingerprint density at radius 2 is 1.79 bits per heavy atom. The summed E-state index contributed by atoms with van der Waals surface area (Å²) in [5.74, 6) is 0.229. The Morgan fingerprint density at radius 3 is 2.52 bits per heavy atom. The zero-order valence-electron chi connectivity index (χ0n) is 15.8. The zero-order chi connectivity index (χ0) is 20.2. The summed E-state index contributed by atoms with van der Waals surface area (Å²) < 4.78 is 0. The van der Waals surface area contributed by atoms with Crippen LogP contribution in [0.25, 0.3) is 11.1 Å². The molecule has 0 bridgehead atoms. The van der Waals surface area contributed by atoms with Crippen molar-refractivity contribution < 1.29 is 4.79 Å². The van der Waals surface area contributed by atoms with Gasteiger partial charge in [0.2, 0.25) is 0 Å². The fraction of sp³-hybridized carbons (Fsp3) is 0.208. The molecule has 4 rings (SSSR count). The van der Waals surface area contributed by atoms with Crippen LogP contribution in [0.2, 0.25) is 5.02 Å². The van der Waals surface area contributed by atoms with E-state index in [0.29, 0.717) is 21.2 Å². The number of nitriles is 1. The number of fused-ring (bicyclic) bond motifs is 1. The molecule has 1 aliphatic rings. The fourth-order valence-electron chi connectivity index (χ4n) is 3.70. The molecule has 0 radical (unpaired) electrons. The second-order valence-electron chi connectivity index (χ2n) is 7.00. The highest BCUT2D eigenvalue weighted by molar-refractivity contribution is 8.00. The van der Waals surface area contributed by atoms with Gasteiger partial charge >= 0.3 is 0 Å². The average Bonchev–Trinajstić information content (AvgIpc) is 2.77. The van der Waals surface area contributed by atoms with E-state index in [-0.39, 0.29) is 11.5 Å². The minimum Gasteiger partial charge on any atom is -0.293 e. The minimum atomic E-state index is -0.00339. The summed E-state index contributed by atoms with van der Waals surface area (Å²) in [5.41, 5.74) is 5.46. The van der Waals surface area contributed by atoms with Gasteiger partial charge in [-0.25, -0.2) is 4.98 Å². The van der Waals surface area contributed by atoms with Crippen molar-refractivity contribution in [3.05, 3.63) is 82.0 Å². The molecule has 0 aliphatic heterocycles. The number of ketones is 1. The summed E-state index contributed by atoms with van der Waals surface area (Å²) in [5, 5.41) is 11.2. The lowest BCUT2D eigenvalue weighted by molar-refractivity contribution is 0.102. The number of thioether (sulfide) groups is 1. The first kappa shape index (κ1) is 19.7. The average molecular weight is 419 g/mol. The molecule has 0 fully saturated rings. The van der Waals surface area contributed by atoms with E-state index in [4.69, 9.17) is 16.6 Å². The van der Waals surface area contributed by atoms with Crippen molar-refractivity contribution in [2.45, 2.75) is 30.7 Å². The highest BCUT2D eigenvalue weighted by Crippen LogP contribution is 2.37. The molecule has 0 spiro atoms. The second-order valence-corrected chi connectivity index (χ2v) is 8.40. The summed E-state index contributed by atoms with van der Waals surface area (Å²) in [7, 11) is 0. The number of pyridine rings is 1. The molecule has 3 nitrogen and oxygen atoms in total. The maximum atomic E-state index is 12.6. The van der Waals surface area contributed by atoms with Gasteiger partial charge in [0.25, 0.3) is 0 Å². The highest BCUT2D eigenvalue weighted by atomic mass is 35.5. The number of benzene rings is 2. The van der Waals surface area contributed by atoms with Gasteiger partial charge in [0.15, 0.2) is 5.78 Å². The Kier molecular flexibility index (Phi) is 5.99. The molecule has 2 aromatic carbocycles. The SMILES string of the molecule is N#Cc1c(SCC(=O)c2ccc(Cl)cc2)nc2c(c1-c1ccccc1)CCCC2. The van der Waals surface area contributed by atoms with Gasteiger partial charge in [-0.3, -0.25) is 4.79 Å². The van der Waals surface area contributed by atoms with Crippen LogP contribution < -0.4 is 0 Å². The van der Waals surface area contributed by atoms with E-state index in [0.717, 1.165) is 42.5 Å². The molecular formula is C24H19ClN2OS. The van der Waals surface area contributed by atoms with Crippen LogP contribution in [0.15, 0.2) is 59.6 Å². The van der Waals surface area contributed by atoms with E-state index < -0.39 is 0 Å². The number of carbonyl (C=O) groups excluding carboxylic acids is 1. The summed E-state index contributed by atoms with van der Waals surface area (Å²) in [6.07, 6.45) is 4.07. The maximum absolute atomic E-state index is 12.6. The van der Waals surface area contributed by atoms with Crippen molar-refractivity contribution in [1.29, 1.82) is 5.26 Å². The first-order valence-electron chi connectivity index (χ1n) is 9.60. The quantitative estimate of drug-likeness (QED) is 0.369. The van der Waals surface area contributed by atoms with Crippen LogP contribution >= 0.6 is 23.4 Å². The van der Waals surface area contributed by atoms with Crippen molar-refractivity contribution in [3.63, 3.8) is 0 Å².